The van der Waals surface area contributed by atoms with Crippen molar-refractivity contribution in [2.24, 2.45) is 5.10 Å². The number of aryl methyl sites for hydroxylation is 1. The molecule has 0 aliphatic carbocycles. The number of halogens is 1. The number of fused-ring (bicyclic) bond motifs is 1. The molecule has 0 amide bonds. The Hall–Kier alpha value is -3.27. The van der Waals surface area contributed by atoms with Crippen molar-refractivity contribution in [3.05, 3.63) is 66.7 Å². The van der Waals surface area contributed by atoms with Crippen molar-refractivity contribution in [2.75, 3.05) is 6.61 Å². The van der Waals surface area contributed by atoms with Gasteiger partial charge in [-0.15, -0.1) is 0 Å². The number of aromatic nitrogens is 2. The van der Waals surface area contributed by atoms with Crippen LogP contribution >= 0.6 is 15.9 Å². The highest BCUT2D eigenvalue weighted by Gasteiger charge is 2.20. The smallest absolute Gasteiger partial charge is 0.315 e. The third-order valence-corrected chi connectivity index (χ3v) is 4.58. The third-order valence-electron chi connectivity index (χ3n) is 4.09. The SMILES string of the molecule is CCOc1cc(C=Nn2c(CC)nc3ccc(Br)cc3c2=O)cc([N+](=O)[O-])c1O. The van der Waals surface area contributed by atoms with Crippen molar-refractivity contribution >= 4 is 38.7 Å². The van der Waals surface area contributed by atoms with E-state index in [1.807, 2.05) is 6.92 Å². The molecule has 1 N–H and O–H groups in total. The van der Waals surface area contributed by atoms with Gasteiger partial charge in [0.1, 0.15) is 5.82 Å². The van der Waals surface area contributed by atoms with Crippen molar-refractivity contribution in [1.82, 2.24) is 9.66 Å². The first kappa shape index (κ1) is 20.5. The second-order valence-corrected chi connectivity index (χ2v) is 6.90. The van der Waals surface area contributed by atoms with Crippen molar-refractivity contribution in [1.29, 1.82) is 0 Å². The van der Waals surface area contributed by atoms with Crippen LogP contribution in [0.25, 0.3) is 10.9 Å². The quantitative estimate of drug-likeness (QED) is 0.340. The van der Waals surface area contributed by atoms with Gasteiger partial charge in [0.05, 0.1) is 28.6 Å². The van der Waals surface area contributed by atoms with E-state index in [1.165, 1.54) is 12.3 Å². The highest BCUT2D eigenvalue weighted by Crippen LogP contribution is 2.36. The number of phenolic OH excluding ortho intramolecular Hbond substituents is 1. The third kappa shape index (κ3) is 4.11. The average molecular weight is 461 g/mol. The Morgan fingerprint density at radius 3 is 2.76 bits per heavy atom. The minimum absolute atomic E-state index is 0.0354. The molecule has 0 saturated carbocycles. The summed E-state index contributed by atoms with van der Waals surface area (Å²) in [6.45, 7) is 3.75. The summed E-state index contributed by atoms with van der Waals surface area (Å²) in [6, 6.07) is 7.77. The molecular formula is C19H17BrN4O5. The summed E-state index contributed by atoms with van der Waals surface area (Å²) >= 11 is 3.34. The van der Waals surface area contributed by atoms with E-state index in [2.05, 4.69) is 26.0 Å². The van der Waals surface area contributed by atoms with E-state index < -0.39 is 16.4 Å². The normalized spacial score (nSPS) is 11.3. The van der Waals surface area contributed by atoms with E-state index in [0.29, 0.717) is 28.7 Å². The minimum Gasteiger partial charge on any atom is -0.500 e. The van der Waals surface area contributed by atoms with Gasteiger partial charge in [-0.25, -0.2) is 4.98 Å². The predicted octanol–water partition coefficient (Wildman–Crippen LogP) is 3.62. The lowest BCUT2D eigenvalue weighted by Gasteiger charge is -2.09. The molecule has 10 heteroatoms. The highest BCUT2D eigenvalue weighted by atomic mass is 79.9. The zero-order valence-corrected chi connectivity index (χ0v) is 17.2. The summed E-state index contributed by atoms with van der Waals surface area (Å²) in [5, 5.41) is 25.8. The summed E-state index contributed by atoms with van der Waals surface area (Å²) in [5.41, 5.74) is -0.0228. The maximum absolute atomic E-state index is 12.9. The number of phenols is 1. The average Bonchev–Trinajstić information content (AvgIpc) is 2.69. The van der Waals surface area contributed by atoms with Crippen LogP contribution in [0.2, 0.25) is 0 Å². The first-order valence-electron chi connectivity index (χ1n) is 8.75. The largest absolute Gasteiger partial charge is 0.500 e. The van der Waals surface area contributed by atoms with E-state index in [-0.39, 0.29) is 17.9 Å². The number of rotatable bonds is 6. The van der Waals surface area contributed by atoms with Gasteiger partial charge in [-0.05, 0) is 31.2 Å². The van der Waals surface area contributed by atoms with Gasteiger partial charge in [-0.3, -0.25) is 14.9 Å². The lowest BCUT2D eigenvalue weighted by molar-refractivity contribution is -0.386. The van der Waals surface area contributed by atoms with Crippen LogP contribution in [-0.4, -0.2) is 32.5 Å². The summed E-state index contributed by atoms with van der Waals surface area (Å²) in [6.07, 6.45) is 1.75. The number of nitro groups is 1. The van der Waals surface area contributed by atoms with Crippen molar-refractivity contribution in [2.45, 2.75) is 20.3 Å². The Balaban J connectivity index is 2.14. The molecule has 29 heavy (non-hydrogen) atoms. The Bertz CT molecular complexity index is 1190. The molecule has 0 atom stereocenters. The Kier molecular flexibility index (Phi) is 5.92. The van der Waals surface area contributed by atoms with Gasteiger partial charge in [0.2, 0.25) is 5.75 Å². The topological polar surface area (TPSA) is 120 Å². The van der Waals surface area contributed by atoms with Crippen LogP contribution in [0.5, 0.6) is 11.5 Å². The minimum atomic E-state index is -0.714. The van der Waals surface area contributed by atoms with Crippen LogP contribution in [0.1, 0.15) is 25.2 Å². The van der Waals surface area contributed by atoms with Crippen molar-refractivity contribution in [3.8, 4) is 11.5 Å². The van der Waals surface area contributed by atoms with E-state index in [4.69, 9.17) is 4.74 Å². The summed E-state index contributed by atoms with van der Waals surface area (Å²) in [5.74, 6) is -0.149. The van der Waals surface area contributed by atoms with Crippen LogP contribution < -0.4 is 10.3 Å². The Morgan fingerprint density at radius 2 is 2.10 bits per heavy atom. The van der Waals surface area contributed by atoms with Crippen LogP contribution in [0.3, 0.4) is 0 Å². The Labute approximate surface area is 173 Å². The lowest BCUT2D eigenvalue weighted by atomic mass is 10.2. The van der Waals surface area contributed by atoms with Crippen LogP contribution in [-0.2, 0) is 6.42 Å². The molecule has 0 radical (unpaired) electrons. The Morgan fingerprint density at radius 1 is 1.34 bits per heavy atom. The predicted molar refractivity (Wildman–Crippen MR) is 112 cm³/mol. The van der Waals surface area contributed by atoms with Gasteiger partial charge < -0.3 is 9.84 Å². The number of ether oxygens (including phenoxy) is 1. The second kappa shape index (κ2) is 8.39. The van der Waals surface area contributed by atoms with Gasteiger partial charge in [-0.1, -0.05) is 22.9 Å². The summed E-state index contributed by atoms with van der Waals surface area (Å²) < 4.78 is 7.15. The molecule has 3 rings (SSSR count). The zero-order chi connectivity index (χ0) is 21.1. The molecule has 2 aromatic carbocycles. The number of aromatic hydroxyl groups is 1. The molecule has 0 spiro atoms. The van der Waals surface area contributed by atoms with E-state index >= 15 is 0 Å². The molecule has 0 fully saturated rings. The van der Waals surface area contributed by atoms with E-state index in [9.17, 15) is 20.0 Å². The van der Waals surface area contributed by atoms with E-state index in [0.717, 1.165) is 15.2 Å². The van der Waals surface area contributed by atoms with Gasteiger partial charge in [0, 0.05) is 22.5 Å². The van der Waals surface area contributed by atoms with Crippen molar-refractivity contribution < 1.29 is 14.8 Å². The van der Waals surface area contributed by atoms with Crippen molar-refractivity contribution in [3.63, 3.8) is 0 Å². The maximum atomic E-state index is 12.9. The summed E-state index contributed by atoms with van der Waals surface area (Å²) in [4.78, 5) is 27.9. The molecule has 0 aliphatic heterocycles. The van der Waals surface area contributed by atoms with Gasteiger partial charge in [-0.2, -0.15) is 9.78 Å². The number of hydrogen-bond acceptors (Lipinski definition) is 7. The number of hydrogen-bond donors (Lipinski definition) is 1. The number of nitrogens with zero attached hydrogens (tertiary/aromatic N) is 4. The second-order valence-electron chi connectivity index (χ2n) is 5.98. The highest BCUT2D eigenvalue weighted by molar-refractivity contribution is 9.10. The van der Waals surface area contributed by atoms with E-state index in [1.54, 1.807) is 25.1 Å². The molecule has 0 saturated heterocycles. The fourth-order valence-electron chi connectivity index (χ4n) is 2.76. The van der Waals surface area contributed by atoms with Gasteiger partial charge >= 0.3 is 5.69 Å². The molecule has 0 unspecified atom stereocenters. The van der Waals surface area contributed by atoms with Gasteiger partial charge in [0.25, 0.3) is 5.56 Å². The lowest BCUT2D eigenvalue weighted by Crippen LogP contribution is -2.22. The summed E-state index contributed by atoms with van der Waals surface area (Å²) in [7, 11) is 0. The molecule has 1 aromatic heterocycles. The molecule has 0 bridgehead atoms. The molecule has 1 heterocycles. The standard InChI is InChI=1S/C19H17BrN4O5/c1-3-17-22-14-6-5-12(20)9-13(14)19(26)23(17)21-10-11-7-15(24(27)28)18(25)16(8-11)29-4-2/h5-10,25H,3-4H2,1-2H3. The fourth-order valence-corrected chi connectivity index (χ4v) is 3.12. The molecule has 150 valence electrons. The first-order chi connectivity index (χ1) is 13.8. The van der Waals surface area contributed by atoms with Gasteiger partial charge in [0.15, 0.2) is 5.75 Å². The van der Waals surface area contributed by atoms with Crippen LogP contribution in [0.15, 0.2) is 44.7 Å². The molecule has 9 nitrogen and oxygen atoms in total. The fraction of sp³-hybridized carbons (Fsp3) is 0.211. The molecule has 3 aromatic rings. The van der Waals surface area contributed by atoms with Crippen LogP contribution in [0.4, 0.5) is 5.69 Å². The number of benzene rings is 2. The molecule has 0 aliphatic rings. The van der Waals surface area contributed by atoms with Crippen LogP contribution in [0, 0.1) is 10.1 Å². The number of nitro benzene ring substituents is 1. The maximum Gasteiger partial charge on any atom is 0.315 e. The first-order valence-corrected chi connectivity index (χ1v) is 9.54. The molecular weight excluding hydrogens is 444 g/mol. The zero-order valence-electron chi connectivity index (χ0n) is 15.6. The monoisotopic (exact) mass is 460 g/mol.